The Hall–Kier alpha value is -1.43. The number of hydrogen-bond donors (Lipinski definition) is 0. The molecular formula is C14H16BrNO4. The number of non-ortho nitro benzene ring substituents is 1. The van der Waals surface area contributed by atoms with Crippen molar-refractivity contribution in [3.05, 3.63) is 38.3 Å². The number of nitrogens with zero attached hydrogens (tertiary/aromatic N) is 1. The van der Waals surface area contributed by atoms with Gasteiger partial charge < -0.3 is 4.74 Å². The summed E-state index contributed by atoms with van der Waals surface area (Å²) in [6.07, 6.45) is 5.79. The Bertz CT molecular complexity index is 512. The monoisotopic (exact) mass is 341 g/mol. The molecule has 1 aromatic rings. The Labute approximate surface area is 125 Å². The Kier molecular flexibility index (Phi) is 5.11. The van der Waals surface area contributed by atoms with Crippen molar-refractivity contribution in [2.45, 2.75) is 32.1 Å². The van der Waals surface area contributed by atoms with Crippen LogP contribution < -0.4 is 0 Å². The Morgan fingerprint density at radius 1 is 1.35 bits per heavy atom. The van der Waals surface area contributed by atoms with E-state index in [-0.39, 0.29) is 11.3 Å². The lowest BCUT2D eigenvalue weighted by Gasteiger charge is -2.21. The van der Waals surface area contributed by atoms with Crippen LogP contribution in [-0.2, 0) is 4.74 Å². The number of benzene rings is 1. The maximum atomic E-state index is 12.0. The summed E-state index contributed by atoms with van der Waals surface area (Å²) >= 11 is 3.22. The van der Waals surface area contributed by atoms with Gasteiger partial charge in [-0.05, 0) is 40.8 Å². The van der Waals surface area contributed by atoms with Gasteiger partial charge in [0.05, 0.1) is 17.1 Å². The largest absolute Gasteiger partial charge is 0.462 e. The van der Waals surface area contributed by atoms with Gasteiger partial charge in [-0.15, -0.1) is 0 Å². The van der Waals surface area contributed by atoms with E-state index in [1.54, 1.807) is 0 Å². The van der Waals surface area contributed by atoms with Crippen LogP contribution in [0.1, 0.15) is 42.5 Å². The molecule has 1 fully saturated rings. The van der Waals surface area contributed by atoms with Gasteiger partial charge >= 0.3 is 5.97 Å². The number of esters is 1. The second kappa shape index (κ2) is 6.83. The topological polar surface area (TPSA) is 69.4 Å². The molecule has 0 amide bonds. The van der Waals surface area contributed by atoms with E-state index in [1.165, 1.54) is 37.5 Å². The number of rotatable bonds is 4. The average Bonchev–Trinajstić information content (AvgIpc) is 2.46. The SMILES string of the molecule is O=C(OCC1CCCCC1)c1cc([N+](=O)[O-])ccc1Br. The van der Waals surface area contributed by atoms with Crippen LogP contribution in [0.25, 0.3) is 0 Å². The second-order valence-corrected chi connectivity index (χ2v) is 5.88. The van der Waals surface area contributed by atoms with Gasteiger partial charge in [0.15, 0.2) is 0 Å². The van der Waals surface area contributed by atoms with Gasteiger partial charge in [-0.2, -0.15) is 0 Å². The minimum atomic E-state index is -0.523. The van der Waals surface area contributed by atoms with Crippen LogP contribution in [0, 0.1) is 16.0 Å². The fraction of sp³-hybridized carbons (Fsp3) is 0.500. The van der Waals surface area contributed by atoms with Crippen molar-refractivity contribution in [3.8, 4) is 0 Å². The van der Waals surface area contributed by atoms with Gasteiger partial charge in [-0.25, -0.2) is 4.79 Å². The molecule has 108 valence electrons. The number of halogens is 1. The summed E-state index contributed by atoms with van der Waals surface area (Å²) in [5, 5.41) is 10.7. The first kappa shape index (κ1) is 15.0. The fourth-order valence-electron chi connectivity index (χ4n) is 2.41. The lowest BCUT2D eigenvalue weighted by Crippen LogP contribution is -2.17. The van der Waals surface area contributed by atoms with Crippen molar-refractivity contribution in [1.29, 1.82) is 0 Å². The van der Waals surface area contributed by atoms with Gasteiger partial charge in [0.2, 0.25) is 0 Å². The van der Waals surface area contributed by atoms with Crippen LogP contribution in [0.15, 0.2) is 22.7 Å². The van der Waals surface area contributed by atoms with E-state index in [2.05, 4.69) is 15.9 Å². The van der Waals surface area contributed by atoms with Gasteiger partial charge in [0.25, 0.3) is 5.69 Å². The number of nitro groups is 1. The number of nitro benzene ring substituents is 1. The van der Waals surface area contributed by atoms with Crippen molar-refractivity contribution in [2.24, 2.45) is 5.92 Å². The van der Waals surface area contributed by atoms with Crippen LogP contribution in [0.3, 0.4) is 0 Å². The van der Waals surface area contributed by atoms with Crippen molar-refractivity contribution in [2.75, 3.05) is 6.61 Å². The summed E-state index contributed by atoms with van der Waals surface area (Å²) in [5.74, 6) is -0.0867. The van der Waals surface area contributed by atoms with E-state index in [1.807, 2.05) is 0 Å². The van der Waals surface area contributed by atoms with E-state index in [4.69, 9.17) is 4.74 Å². The summed E-state index contributed by atoms with van der Waals surface area (Å²) in [7, 11) is 0. The summed E-state index contributed by atoms with van der Waals surface area (Å²) in [4.78, 5) is 22.2. The summed E-state index contributed by atoms with van der Waals surface area (Å²) in [5.41, 5.74) is 0.0906. The molecule has 1 aromatic carbocycles. The standard InChI is InChI=1S/C14H16BrNO4/c15-13-7-6-11(16(18)19)8-12(13)14(17)20-9-10-4-2-1-3-5-10/h6-8,10H,1-5,9H2. The number of carbonyl (C=O) groups is 1. The average molecular weight is 342 g/mol. The zero-order chi connectivity index (χ0) is 14.5. The van der Waals surface area contributed by atoms with Crippen LogP contribution in [-0.4, -0.2) is 17.5 Å². The molecule has 20 heavy (non-hydrogen) atoms. The quantitative estimate of drug-likeness (QED) is 0.469. The Balaban J connectivity index is 2.00. The maximum absolute atomic E-state index is 12.0. The molecule has 0 aliphatic heterocycles. The molecule has 0 unspecified atom stereocenters. The normalized spacial score (nSPS) is 15.8. The first-order valence-electron chi connectivity index (χ1n) is 6.69. The van der Waals surface area contributed by atoms with E-state index < -0.39 is 10.9 Å². The smallest absolute Gasteiger partial charge is 0.339 e. The van der Waals surface area contributed by atoms with Gasteiger partial charge in [-0.3, -0.25) is 10.1 Å². The molecule has 5 nitrogen and oxygen atoms in total. The Morgan fingerprint density at radius 2 is 2.05 bits per heavy atom. The first-order chi connectivity index (χ1) is 9.58. The molecule has 0 saturated heterocycles. The molecule has 0 heterocycles. The van der Waals surface area contributed by atoms with Gasteiger partial charge in [-0.1, -0.05) is 19.3 Å². The molecule has 2 rings (SSSR count). The highest BCUT2D eigenvalue weighted by molar-refractivity contribution is 9.10. The zero-order valence-electron chi connectivity index (χ0n) is 11.0. The highest BCUT2D eigenvalue weighted by atomic mass is 79.9. The van der Waals surface area contributed by atoms with E-state index in [0.717, 1.165) is 12.8 Å². The summed E-state index contributed by atoms with van der Waals surface area (Å²) < 4.78 is 5.80. The van der Waals surface area contributed by atoms with Crippen molar-refractivity contribution in [3.63, 3.8) is 0 Å². The molecule has 0 radical (unpaired) electrons. The van der Waals surface area contributed by atoms with Crippen LogP contribution in [0.5, 0.6) is 0 Å². The number of carbonyl (C=O) groups excluding carboxylic acids is 1. The molecule has 0 spiro atoms. The van der Waals surface area contributed by atoms with Gasteiger partial charge in [0, 0.05) is 16.6 Å². The van der Waals surface area contributed by atoms with Crippen LogP contribution in [0.2, 0.25) is 0 Å². The molecule has 0 atom stereocenters. The molecule has 1 aliphatic carbocycles. The third kappa shape index (κ3) is 3.79. The minimum absolute atomic E-state index is 0.113. The summed E-state index contributed by atoms with van der Waals surface area (Å²) in [6, 6.07) is 4.09. The minimum Gasteiger partial charge on any atom is -0.462 e. The molecular weight excluding hydrogens is 326 g/mol. The lowest BCUT2D eigenvalue weighted by molar-refractivity contribution is -0.384. The van der Waals surface area contributed by atoms with E-state index in [9.17, 15) is 14.9 Å². The molecule has 0 aromatic heterocycles. The number of hydrogen-bond acceptors (Lipinski definition) is 4. The highest BCUT2D eigenvalue weighted by Crippen LogP contribution is 2.26. The van der Waals surface area contributed by atoms with E-state index in [0.29, 0.717) is 17.0 Å². The van der Waals surface area contributed by atoms with Crippen molar-refractivity contribution >= 4 is 27.6 Å². The van der Waals surface area contributed by atoms with Gasteiger partial charge in [0.1, 0.15) is 0 Å². The predicted octanol–water partition coefficient (Wildman–Crippen LogP) is 4.09. The van der Waals surface area contributed by atoms with Crippen LogP contribution in [0.4, 0.5) is 5.69 Å². The van der Waals surface area contributed by atoms with E-state index >= 15 is 0 Å². The van der Waals surface area contributed by atoms with Crippen molar-refractivity contribution < 1.29 is 14.5 Å². The van der Waals surface area contributed by atoms with Crippen LogP contribution >= 0.6 is 15.9 Å². The highest BCUT2D eigenvalue weighted by Gasteiger charge is 2.19. The third-order valence-electron chi connectivity index (χ3n) is 3.56. The molecule has 6 heteroatoms. The third-order valence-corrected chi connectivity index (χ3v) is 4.25. The summed E-state index contributed by atoms with van der Waals surface area (Å²) in [6.45, 7) is 0.397. The molecule has 0 N–H and O–H groups in total. The maximum Gasteiger partial charge on any atom is 0.339 e. The van der Waals surface area contributed by atoms with Crippen molar-refractivity contribution in [1.82, 2.24) is 0 Å². The predicted molar refractivity (Wildman–Crippen MR) is 77.7 cm³/mol. The molecule has 1 saturated carbocycles. The first-order valence-corrected chi connectivity index (χ1v) is 7.48. The zero-order valence-corrected chi connectivity index (χ0v) is 12.6. The Morgan fingerprint density at radius 3 is 2.70 bits per heavy atom. The second-order valence-electron chi connectivity index (χ2n) is 5.02. The lowest BCUT2D eigenvalue weighted by atomic mass is 9.90. The number of ether oxygens (including phenoxy) is 1. The fourth-order valence-corrected chi connectivity index (χ4v) is 2.82. The molecule has 0 bridgehead atoms. The molecule has 1 aliphatic rings.